The van der Waals surface area contributed by atoms with E-state index in [1.165, 1.54) is 0 Å². The van der Waals surface area contributed by atoms with E-state index >= 15 is 0 Å². The third-order valence-electron chi connectivity index (χ3n) is 2.02. The minimum absolute atomic E-state index is 0. The van der Waals surface area contributed by atoms with E-state index in [0.717, 1.165) is 25.9 Å². The van der Waals surface area contributed by atoms with Gasteiger partial charge < -0.3 is 15.4 Å². The zero-order valence-corrected chi connectivity index (χ0v) is 9.22. The zero-order chi connectivity index (χ0) is 10.6. The molecule has 1 rings (SSSR count). The summed E-state index contributed by atoms with van der Waals surface area (Å²) >= 11 is 0. The first-order chi connectivity index (χ1) is 6.47. The van der Waals surface area contributed by atoms with Gasteiger partial charge in [0.1, 0.15) is 5.60 Å². The molecule has 14 heavy (non-hydrogen) atoms. The Hall–Kier alpha value is -0.770. The average molecular weight is 202 g/mol. The number of carbonyl (C=O) groups excluding carboxylic acids is 1. The maximum Gasteiger partial charge on any atom is 0.407 e. The fraction of sp³-hybridized carbons (Fsp3) is 0.900. The van der Waals surface area contributed by atoms with Crippen molar-refractivity contribution in [2.45, 2.75) is 45.3 Å². The molecule has 4 heteroatoms. The van der Waals surface area contributed by atoms with Gasteiger partial charge in [-0.1, -0.05) is 0 Å². The summed E-state index contributed by atoms with van der Waals surface area (Å²) in [5.74, 6) is 0. The maximum absolute atomic E-state index is 11.4. The summed E-state index contributed by atoms with van der Waals surface area (Å²) in [5, 5.41) is 6.08. The summed E-state index contributed by atoms with van der Waals surface area (Å²) in [7, 11) is 0. The van der Waals surface area contributed by atoms with Crippen LogP contribution >= 0.6 is 0 Å². The standard InChI is InChI=1S/C10H20N2O2.H2/c1-10(2,3)14-9(13)12-8-5-4-6-11-7-8;/h8,11H,4-7H2,1-3H3,(H,12,13);1H/t8-;/m1./s1. The average Bonchev–Trinajstić information content (AvgIpc) is 2.02. The molecule has 0 bridgehead atoms. The van der Waals surface area contributed by atoms with Gasteiger partial charge >= 0.3 is 6.09 Å². The van der Waals surface area contributed by atoms with Crippen LogP contribution < -0.4 is 10.6 Å². The Balaban J connectivity index is 0.00000196. The Morgan fingerprint density at radius 2 is 2.29 bits per heavy atom. The first kappa shape index (κ1) is 11.3. The predicted octanol–water partition coefficient (Wildman–Crippen LogP) is 1.51. The lowest BCUT2D eigenvalue weighted by atomic mass is 10.1. The molecule has 1 aliphatic rings. The molecule has 2 N–H and O–H groups in total. The van der Waals surface area contributed by atoms with Gasteiger partial charge in [0.2, 0.25) is 0 Å². The molecular formula is C10H22N2O2. The van der Waals surface area contributed by atoms with E-state index in [1.807, 2.05) is 20.8 Å². The smallest absolute Gasteiger partial charge is 0.407 e. The van der Waals surface area contributed by atoms with Gasteiger partial charge in [-0.2, -0.15) is 0 Å². The van der Waals surface area contributed by atoms with Crippen molar-refractivity contribution in [3.63, 3.8) is 0 Å². The monoisotopic (exact) mass is 202 g/mol. The molecule has 1 saturated heterocycles. The summed E-state index contributed by atoms with van der Waals surface area (Å²) in [4.78, 5) is 11.4. The largest absolute Gasteiger partial charge is 0.444 e. The number of nitrogens with one attached hydrogen (secondary N) is 2. The molecule has 1 heterocycles. The fourth-order valence-electron chi connectivity index (χ4n) is 1.45. The lowest BCUT2D eigenvalue weighted by Crippen LogP contribution is -2.47. The number of hydrogen-bond acceptors (Lipinski definition) is 3. The summed E-state index contributed by atoms with van der Waals surface area (Å²) < 4.78 is 5.16. The van der Waals surface area contributed by atoms with Crippen LogP contribution in [0.15, 0.2) is 0 Å². The van der Waals surface area contributed by atoms with Crippen LogP contribution in [0.5, 0.6) is 0 Å². The van der Waals surface area contributed by atoms with Gasteiger partial charge in [0.15, 0.2) is 0 Å². The molecule has 0 aromatic carbocycles. The molecule has 1 amide bonds. The van der Waals surface area contributed by atoms with Crippen LogP contribution in [0.3, 0.4) is 0 Å². The summed E-state index contributed by atoms with van der Waals surface area (Å²) in [6, 6.07) is 0.221. The van der Waals surface area contributed by atoms with Crippen molar-refractivity contribution in [3.05, 3.63) is 0 Å². The first-order valence-electron chi connectivity index (χ1n) is 5.17. The normalized spacial score (nSPS) is 22.9. The van der Waals surface area contributed by atoms with Crippen LogP contribution in [-0.2, 0) is 4.74 Å². The van der Waals surface area contributed by atoms with E-state index in [4.69, 9.17) is 4.74 Å². The van der Waals surface area contributed by atoms with Crippen molar-refractivity contribution >= 4 is 6.09 Å². The number of carbonyl (C=O) groups is 1. The second kappa shape index (κ2) is 4.64. The number of hydrogen-bond donors (Lipinski definition) is 2. The molecule has 4 nitrogen and oxygen atoms in total. The molecular weight excluding hydrogens is 180 g/mol. The van der Waals surface area contributed by atoms with Crippen molar-refractivity contribution in [2.75, 3.05) is 13.1 Å². The summed E-state index contributed by atoms with van der Waals surface area (Å²) in [6.07, 6.45) is 1.83. The van der Waals surface area contributed by atoms with E-state index in [0.29, 0.717) is 0 Å². The summed E-state index contributed by atoms with van der Waals surface area (Å²) in [5.41, 5.74) is -0.411. The van der Waals surface area contributed by atoms with Crippen molar-refractivity contribution < 1.29 is 11.0 Å². The molecule has 1 fully saturated rings. The maximum atomic E-state index is 11.4. The second-order valence-corrected chi connectivity index (χ2v) is 4.69. The molecule has 0 aromatic rings. The zero-order valence-electron chi connectivity index (χ0n) is 9.22. The quantitative estimate of drug-likeness (QED) is 0.677. The molecule has 0 aliphatic carbocycles. The van der Waals surface area contributed by atoms with Crippen LogP contribution in [-0.4, -0.2) is 30.8 Å². The van der Waals surface area contributed by atoms with E-state index in [9.17, 15) is 4.79 Å². The van der Waals surface area contributed by atoms with Crippen molar-refractivity contribution in [2.24, 2.45) is 0 Å². The van der Waals surface area contributed by atoms with Gasteiger partial charge in [-0.3, -0.25) is 0 Å². The van der Waals surface area contributed by atoms with Crippen molar-refractivity contribution in [1.29, 1.82) is 0 Å². The fourth-order valence-corrected chi connectivity index (χ4v) is 1.45. The highest BCUT2D eigenvalue weighted by Crippen LogP contribution is 2.08. The first-order valence-corrected chi connectivity index (χ1v) is 5.17. The van der Waals surface area contributed by atoms with Crippen molar-refractivity contribution in [3.8, 4) is 0 Å². The van der Waals surface area contributed by atoms with Gasteiger partial charge in [0, 0.05) is 14.0 Å². The van der Waals surface area contributed by atoms with Crippen LogP contribution in [0.25, 0.3) is 0 Å². The summed E-state index contributed by atoms with van der Waals surface area (Å²) in [6.45, 7) is 7.49. The van der Waals surface area contributed by atoms with E-state index in [-0.39, 0.29) is 13.6 Å². The Kier molecular flexibility index (Phi) is 3.75. The number of piperidine rings is 1. The van der Waals surface area contributed by atoms with Gasteiger partial charge in [0.05, 0.1) is 0 Å². The molecule has 84 valence electrons. The molecule has 0 spiro atoms. The number of amides is 1. The van der Waals surface area contributed by atoms with Crippen LogP contribution in [0, 0.1) is 0 Å². The second-order valence-electron chi connectivity index (χ2n) is 4.69. The van der Waals surface area contributed by atoms with Crippen LogP contribution in [0.1, 0.15) is 35.0 Å². The van der Waals surface area contributed by atoms with E-state index in [1.54, 1.807) is 0 Å². The van der Waals surface area contributed by atoms with Crippen molar-refractivity contribution in [1.82, 2.24) is 10.6 Å². The van der Waals surface area contributed by atoms with E-state index in [2.05, 4.69) is 10.6 Å². The SMILES string of the molecule is CC(C)(C)OC(=O)N[C@@H]1CCCNC1.[HH]. The minimum Gasteiger partial charge on any atom is -0.444 e. The highest BCUT2D eigenvalue weighted by Gasteiger charge is 2.20. The Labute approximate surface area is 86.9 Å². The number of alkyl carbamates (subject to hydrolysis) is 1. The molecule has 0 unspecified atom stereocenters. The van der Waals surface area contributed by atoms with Gasteiger partial charge in [-0.05, 0) is 40.2 Å². The Morgan fingerprint density at radius 3 is 2.79 bits per heavy atom. The molecule has 1 aliphatic heterocycles. The number of rotatable bonds is 1. The minimum atomic E-state index is -0.411. The van der Waals surface area contributed by atoms with Gasteiger partial charge in [0.25, 0.3) is 0 Å². The lowest BCUT2D eigenvalue weighted by Gasteiger charge is -2.26. The topological polar surface area (TPSA) is 50.4 Å². The number of ether oxygens (including phenoxy) is 1. The highest BCUT2D eigenvalue weighted by atomic mass is 16.6. The molecule has 0 radical (unpaired) electrons. The Bertz CT molecular complexity index is 198. The Morgan fingerprint density at radius 1 is 1.57 bits per heavy atom. The highest BCUT2D eigenvalue weighted by molar-refractivity contribution is 5.68. The predicted molar refractivity (Wildman–Crippen MR) is 57.4 cm³/mol. The lowest BCUT2D eigenvalue weighted by molar-refractivity contribution is 0.0497. The molecule has 0 aromatic heterocycles. The molecule has 1 atom stereocenters. The van der Waals surface area contributed by atoms with Crippen LogP contribution in [0.2, 0.25) is 0 Å². The van der Waals surface area contributed by atoms with E-state index < -0.39 is 5.60 Å². The third kappa shape index (κ3) is 4.46. The van der Waals surface area contributed by atoms with Gasteiger partial charge in [-0.15, -0.1) is 0 Å². The molecule has 0 saturated carbocycles. The van der Waals surface area contributed by atoms with Crippen LogP contribution in [0.4, 0.5) is 4.79 Å². The third-order valence-corrected chi connectivity index (χ3v) is 2.02. The van der Waals surface area contributed by atoms with Gasteiger partial charge in [-0.25, -0.2) is 4.79 Å².